The summed E-state index contributed by atoms with van der Waals surface area (Å²) in [7, 11) is 2.14. The average Bonchev–Trinajstić information content (AvgIpc) is 3.19. The van der Waals surface area contributed by atoms with E-state index in [1.54, 1.807) is 6.08 Å². The molecule has 1 atom stereocenters. The standard InChI is InChI=1S/C21H24N4O/c1-4-13-26-23-21-16(14-25-12-11-22-15(25)2)9-10-19-20(21)17-7-5-6-8-18(17)24(19)3/h4-8,11-12,16H,1,9-10,13-14H2,2-3H3/b23-21+. The van der Waals surface area contributed by atoms with Crippen molar-refractivity contribution >= 4 is 16.6 Å². The molecule has 2 heterocycles. The van der Waals surface area contributed by atoms with Crippen LogP contribution in [0.3, 0.4) is 0 Å². The zero-order valence-electron chi connectivity index (χ0n) is 15.4. The van der Waals surface area contributed by atoms with E-state index in [-0.39, 0.29) is 0 Å². The average molecular weight is 348 g/mol. The minimum absolute atomic E-state index is 0.297. The lowest BCUT2D eigenvalue weighted by Gasteiger charge is -2.26. The van der Waals surface area contributed by atoms with Crippen LogP contribution in [0, 0.1) is 12.8 Å². The van der Waals surface area contributed by atoms with Crippen molar-refractivity contribution in [2.24, 2.45) is 18.1 Å². The molecule has 0 radical (unpaired) electrons. The number of nitrogens with zero attached hydrogens (tertiary/aromatic N) is 4. The minimum atomic E-state index is 0.297. The molecule has 1 aromatic carbocycles. The minimum Gasteiger partial charge on any atom is -0.391 e. The molecule has 0 saturated heterocycles. The van der Waals surface area contributed by atoms with E-state index < -0.39 is 0 Å². The number of hydrogen-bond donors (Lipinski definition) is 0. The molecular formula is C21H24N4O. The van der Waals surface area contributed by atoms with Gasteiger partial charge in [0.15, 0.2) is 0 Å². The van der Waals surface area contributed by atoms with Crippen molar-refractivity contribution in [1.82, 2.24) is 14.1 Å². The van der Waals surface area contributed by atoms with Crippen molar-refractivity contribution < 1.29 is 4.84 Å². The Morgan fingerprint density at radius 2 is 2.23 bits per heavy atom. The number of imidazole rings is 1. The molecule has 0 bridgehead atoms. The largest absolute Gasteiger partial charge is 0.391 e. The van der Waals surface area contributed by atoms with E-state index in [1.807, 2.05) is 19.3 Å². The smallest absolute Gasteiger partial charge is 0.135 e. The number of rotatable bonds is 5. The molecule has 0 fully saturated rings. The predicted molar refractivity (Wildman–Crippen MR) is 104 cm³/mol. The lowest BCUT2D eigenvalue weighted by Crippen LogP contribution is -2.28. The van der Waals surface area contributed by atoms with Crippen molar-refractivity contribution in [3.8, 4) is 0 Å². The predicted octanol–water partition coefficient (Wildman–Crippen LogP) is 3.85. The molecule has 0 N–H and O–H groups in total. The van der Waals surface area contributed by atoms with Gasteiger partial charge in [-0.05, 0) is 25.8 Å². The highest BCUT2D eigenvalue weighted by Gasteiger charge is 2.31. The van der Waals surface area contributed by atoms with Gasteiger partial charge in [-0.15, -0.1) is 0 Å². The molecule has 26 heavy (non-hydrogen) atoms. The first-order valence-corrected chi connectivity index (χ1v) is 9.06. The molecule has 5 heteroatoms. The summed E-state index contributed by atoms with van der Waals surface area (Å²) in [6, 6.07) is 8.53. The highest BCUT2D eigenvalue weighted by atomic mass is 16.6. The highest BCUT2D eigenvalue weighted by molar-refractivity contribution is 6.13. The second-order valence-corrected chi connectivity index (χ2v) is 6.82. The number of hydrogen-bond acceptors (Lipinski definition) is 3. The molecule has 4 rings (SSSR count). The normalized spacial score (nSPS) is 18.2. The van der Waals surface area contributed by atoms with E-state index in [0.717, 1.165) is 30.9 Å². The fraction of sp³-hybridized carbons (Fsp3) is 0.333. The van der Waals surface area contributed by atoms with Crippen LogP contribution in [0.1, 0.15) is 23.5 Å². The summed E-state index contributed by atoms with van der Waals surface area (Å²) < 4.78 is 4.50. The van der Waals surface area contributed by atoms with Crippen molar-refractivity contribution in [2.45, 2.75) is 26.3 Å². The maximum Gasteiger partial charge on any atom is 0.135 e. The van der Waals surface area contributed by atoms with Crippen molar-refractivity contribution in [3.63, 3.8) is 0 Å². The molecule has 3 aromatic rings. The third-order valence-corrected chi connectivity index (χ3v) is 5.30. The Balaban J connectivity index is 1.81. The number of fused-ring (bicyclic) bond motifs is 3. The monoisotopic (exact) mass is 348 g/mol. The van der Waals surface area contributed by atoms with Crippen LogP contribution in [0.4, 0.5) is 0 Å². The molecular weight excluding hydrogens is 324 g/mol. The van der Waals surface area contributed by atoms with Crippen LogP contribution in [0.5, 0.6) is 0 Å². The third kappa shape index (κ3) is 2.73. The maximum atomic E-state index is 5.55. The van der Waals surface area contributed by atoms with Gasteiger partial charge in [0.25, 0.3) is 0 Å². The van der Waals surface area contributed by atoms with E-state index >= 15 is 0 Å². The van der Waals surface area contributed by atoms with Gasteiger partial charge in [0.05, 0.1) is 5.71 Å². The molecule has 2 aromatic heterocycles. The Labute approximate surface area is 153 Å². The fourth-order valence-electron chi connectivity index (χ4n) is 3.97. The highest BCUT2D eigenvalue weighted by Crippen LogP contribution is 2.35. The summed E-state index contributed by atoms with van der Waals surface area (Å²) in [6.45, 7) is 7.04. The molecule has 134 valence electrons. The Kier molecular flexibility index (Phi) is 4.37. The lowest BCUT2D eigenvalue weighted by atomic mass is 9.84. The molecule has 5 nitrogen and oxygen atoms in total. The first kappa shape index (κ1) is 16.6. The number of benzene rings is 1. The SMILES string of the molecule is C=CCO/N=C1/c2c(n(C)c3ccccc23)CCC1Cn1ccnc1C. The number of oxime groups is 1. The van der Waals surface area contributed by atoms with Gasteiger partial charge in [-0.25, -0.2) is 4.98 Å². The van der Waals surface area contributed by atoms with Gasteiger partial charge in [0.1, 0.15) is 12.4 Å². The summed E-state index contributed by atoms with van der Waals surface area (Å²) in [5.74, 6) is 1.33. The second kappa shape index (κ2) is 6.83. The van der Waals surface area contributed by atoms with Gasteiger partial charge in [-0.1, -0.05) is 36.0 Å². The topological polar surface area (TPSA) is 44.3 Å². The van der Waals surface area contributed by atoms with Gasteiger partial charge >= 0.3 is 0 Å². The van der Waals surface area contributed by atoms with E-state index in [9.17, 15) is 0 Å². The van der Waals surface area contributed by atoms with Crippen LogP contribution in [0.15, 0.2) is 54.5 Å². The van der Waals surface area contributed by atoms with Crippen molar-refractivity contribution in [3.05, 3.63) is 66.4 Å². The van der Waals surface area contributed by atoms with Crippen LogP contribution in [0.25, 0.3) is 10.9 Å². The Morgan fingerprint density at radius 1 is 1.38 bits per heavy atom. The summed E-state index contributed by atoms with van der Waals surface area (Å²) in [6.07, 6.45) is 7.71. The first-order chi connectivity index (χ1) is 12.7. The zero-order valence-corrected chi connectivity index (χ0v) is 15.4. The zero-order chi connectivity index (χ0) is 18.1. The van der Waals surface area contributed by atoms with Crippen LogP contribution in [-0.2, 0) is 24.9 Å². The summed E-state index contributed by atoms with van der Waals surface area (Å²) in [5.41, 5.74) is 4.86. The molecule has 0 spiro atoms. The van der Waals surface area contributed by atoms with Crippen LogP contribution in [0.2, 0.25) is 0 Å². The molecule has 0 aliphatic heterocycles. The number of aryl methyl sites for hydroxylation is 2. The van der Waals surface area contributed by atoms with Gasteiger partial charge in [-0.2, -0.15) is 0 Å². The molecule has 1 unspecified atom stereocenters. The van der Waals surface area contributed by atoms with Gasteiger partial charge in [0.2, 0.25) is 0 Å². The Morgan fingerprint density at radius 3 is 3.00 bits per heavy atom. The summed E-state index contributed by atoms with van der Waals surface area (Å²) in [5, 5.41) is 5.82. The van der Waals surface area contributed by atoms with Gasteiger partial charge in [-0.3, -0.25) is 0 Å². The van der Waals surface area contributed by atoms with E-state index in [4.69, 9.17) is 4.84 Å². The van der Waals surface area contributed by atoms with E-state index in [0.29, 0.717) is 12.5 Å². The van der Waals surface area contributed by atoms with Crippen molar-refractivity contribution in [2.75, 3.05) is 6.61 Å². The second-order valence-electron chi connectivity index (χ2n) is 6.82. The van der Waals surface area contributed by atoms with E-state index in [2.05, 4.69) is 57.2 Å². The lowest BCUT2D eigenvalue weighted by molar-refractivity contribution is 0.172. The number of para-hydroxylation sites is 1. The van der Waals surface area contributed by atoms with Crippen LogP contribution >= 0.6 is 0 Å². The Bertz CT molecular complexity index is 979. The molecule has 0 saturated carbocycles. The molecule has 1 aliphatic carbocycles. The third-order valence-electron chi connectivity index (χ3n) is 5.30. The van der Waals surface area contributed by atoms with Gasteiger partial charge in [0, 0.05) is 54.1 Å². The first-order valence-electron chi connectivity index (χ1n) is 9.06. The van der Waals surface area contributed by atoms with Gasteiger partial charge < -0.3 is 14.0 Å². The molecule has 1 aliphatic rings. The van der Waals surface area contributed by atoms with Crippen molar-refractivity contribution in [1.29, 1.82) is 0 Å². The summed E-state index contributed by atoms with van der Waals surface area (Å²) >= 11 is 0. The van der Waals surface area contributed by atoms with E-state index in [1.165, 1.54) is 22.2 Å². The Hall–Kier alpha value is -2.82. The summed E-state index contributed by atoms with van der Waals surface area (Å²) in [4.78, 5) is 9.91. The maximum absolute atomic E-state index is 5.55. The quantitative estimate of drug-likeness (QED) is 0.399. The number of aromatic nitrogens is 3. The van der Waals surface area contributed by atoms with Crippen LogP contribution in [-0.4, -0.2) is 26.4 Å². The van der Waals surface area contributed by atoms with Crippen LogP contribution < -0.4 is 0 Å². The fourth-order valence-corrected chi connectivity index (χ4v) is 3.97. The molecule has 0 amide bonds.